The highest BCUT2D eigenvalue weighted by Crippen LogP contribution is 2.41. The number of carbonyl (C=O) groups is 1. The van der Waals surface area contributed by atoms with E-state index in [-0.39, 0.29) is 33.8 Å². The molecule has 14 heteroatoms. The number of amides is 1. The van der Waals surface area contributed by atoms with Gasteiger partial charge in [0.2, 0.25) is 11.5 Å². The van der Waals surface area contributed by atoms with Gasteiger partial charge in [-0.05, 0) is 60.7 Å². The number of hydrogen-bond donors (Lipinski definition) is 0. The molecule has 0 N–H and O–H groups in total. The van der Waals surface area contributed by atoms with Gasteiger partial charge in [0.15, 0.2) is 5.75 Å². The lowest BCUT2D eigenvalue weighted by molar-refractivity contribution is -0.384. The van der Waals surface area contributed by atoms with Crippen LogP contribution in [-0.2, 0) is 11.0 Å². The van der Waals surface area contributed by atoms with Gasteiger partial charge in [0.05, 0.1) is 17.6 Å². The molecule has 0 bridgehead atoms. The fourth-order valence-corrected chi connectivity index (χ4v) is 4.68. The van der Waals surface area contributed by atoms with Crippen LogP contribution in [0.5, 0.6) is 28.7 Å². The number of benzene rings is 4. The van der Waals surface area contributed by atoms with Gasteiger partial charge in [-0.25, -0.2) is 0 Å². The molecule has 0 fully saturated rings. The number of non-ortho nitro benzene ring substituents is 1. The van der Waals surface area contributed by atoms with Crippen LogP contribution in [0.15, 0.2) is 91.0 Å². The van der Waals surface area contributed by atoms with Crippen molar-refractivity contribution in [2.45, 2.75) is 6.18 Å². The SMILES string of the molecule is COc1ccc(Oc2ccc([N+](=O)[O-])cc2N(C=O)c2nnc(-c3cccc(Oc4cccc(C(F)(F)F)c4)c3)s2)cc1. The third-order valence-electron chi connectivity index (χ3n) is 5.90. The first-order valence-electron chi connectivity index (χ1n) is 12.3. The molecule has 0 spiro atoms. The number of anilines is 2. The van der Waals surface area contributed by atoms with Crippen molar-refractivity contribution in [3.8, 4) is 39.3 Å². The van der Waals surface area contributed by atoms with Crippen LogP contribution in [0.25, 0.3) is 10.6 Å². The normalized spacial score (nSPS) is 11.1. The number of carbonyl (C=O) groups excluding carboxylic acids is 1. The first-order chi connectivity index (χ1) is 20.6. The molecule has 0 unspecified atom stereocenters. The molecule has 0 aliphatic heterocycles. The van der Waals surface area contributed by atoms with Gasteiger partial charge in [0.1, 0.15) is 33.7 Å². The maximum atomic E-state index is 13.1. The second-order valence-electron chi connectivity index (χ2n) is 8.71. The molecule has 1 heterocycles. The maximum Gasteiger partial charge on any atom is 0.416 e. The largest absolute Gasteiger partial charge is 0.497 e. The Labute approximate surface area is 245 Å². The summed E-state index contributed by atoms with van der Waals surface area (Å²) in [5, 5.41) is 20.2. The first kappa shape index (κ1) is 29.0. The molecule has 0 atom stereocenters. The van der Waals surface area contributed by atoms with E-state index in [2.05, 4.69) is 10.2 Å². The van der Waals surface area contributed by atoms with Crippen molar-refractivity contribution in [1.29, 1.82) is 0 Å². The molecule has 5 rings (SSSR count). The van der Waals surface area contributed by atoms with Gasteiger partial charge in [0, 0.05) is 17.7 Å². The van der Waals surface area contributed by atoms with Crippen LogP contribution in [0.2, 0.25) is 0 Å². The third kappa shape index (κ3) is 6.70. The van der Waals surface area contributed by atoms with Crippen LogP contribution in [0.3, 0.4) is 0 Å². The Balaban J connectivity index is 1.44. The topological polar surface area (TPSA) is 117 Å². The van der Waals surface area contributed by atoms with E-state index in [1.807, 2.05) is 0 Å². The number of methoxy groups -OCH3 is 1. The van der Waals surface area contributed by atoms with Crippen LogP contribution < -0.4 is 19.1 Å². The minimum absolute atomic E-state index is 0.00730. The molecular weight excluding hydrogens is 589 g/mol. The number of nitro groups is 1. The molecule has 0 radical (unpaired) electrons. The fraction of sp³-hybridized carbons (Fsp3) is 0.0690. The van der Waals surface area contributed by atoms with E-state index in [4.69, 9.17) is 14.2 Å². The lowest BCUT2D eigenvalue weighted by Gasteiger charge is -2.18. The van der Waals surface area contributed by atoms with E-state index in [0.717, 1.165) is 28.4 Å². The lowest BCUT2D eigenvalue weighted by Crippen LogP contribution is -2.15. The van der Waals surface area contributed by atoms with Crippen molar-refractivity contribution < 1.29 is 37.1 Å². The number of ether oxygens (including phenoxy) is 3. The number of nitro benzene ring substituents is 1. The Morgan fingerprint density at radius 3 is 2.23 bits per heavy atom. The molecule has 0 aliphatic carbocycles. The van der Waals surface area contributed by atoms with E-state index in [0.29, 0.717) is 28.5 Å². The standard InChI is InChI=1S/C29H19F3N4O6S/c1-40-21-9-11-22(12-10-21)42-26-13-8-20(36(38)39)16-25(26)35(17-37)28-34-33-27(43-28)18-4-2-6-23(14-18)41-24-7-3-5-19(15-24)29(30,31)32/h2-17H,1H3. The van der Waals surface area contributed by atoms with E-state index in [9.17, 15) is 28.1 Å². The Kier molecular flexibility index (Phi) is 8.20. The summed E-state index contributed by atoms with van der Waals surface area (Å²) in [5.41, 5.74) is -0.578. The van der Waals surface area contributed by atoms with E-state index >= 15 is 0 Å². The van der Waals surface area contributed by atoms with Crippen molar-refractivity contribution in [3.63, 3.8) is 0 Å². The lowest BCUT2D eigenvalue weighted by atomic mass is 10.2. The Morgan fingerprint density at radius 2 is 1.56 bits per heavy atom. The predicted octanol–water partition coefficient (Wildman–Crippen LogP) is 8.02. The summed E-state index contributed by atoms with van der Waals surface area (Å²) in [5.74, 6) is 1.35. The van der Waals surface area contributed by atoms with E-state index in [1.165, 1.54) is 37.4 Å². The second kappa shape index (κ2) is 12.2. The van der Waals surface area contributed by atoms with Crippen LogP contribution in [-0.4, -0.2) is 28.6 Å². The molecule has 0 saturated heterocycles. The van der Waals surface area contributed by atoms with Crippen molar-refractivity contribution >= 4 is 34.3 Å². The Morgan fingerprint density at radius 1 is 0.860 bits per heavy atom. The van der Waals surface area contributed by atoms with E-state index in [1.54, 1.807) is 48.5 Å². The fourth-order valence-electron chi connectivity index (χ4n) is 3.86. The van der Waals surface area contributed by atoms with Crippen molar-refractivity contribution in [2.24, 2.45) is 0 Å². The van der Waals surface area contributed by atoms with Crippen LogP contribution in [0.4, 0.5) is 29.7 Å². The smallest absolute Gasteiger partial charge is 0.416 e. The van der Waals surface area contributed by atoms with Crippen LogP contribution in [0.1, 0.15) is 5.56 Å². The quantitative estimate of drug-likeness (QED) is 0.0889. The summed E-state index contributed by atoms with van der Waals surface area (Å²) >= 11 is 0.995. The number of halogens is 3. The zero-order chi connectivity index (χ0) is 30.6. The molecule has 1 amide bonds. The van der Waals surface area contributed by atoms with Gasteiger partial charge < -0.3 is 14.2 Å². The van der Waals surface area contributed by atoms with Crippen molar-refractivity contribution in [3.05, 3.63) is 107 Å². The number of alkyl halides is 3. The predicted molar refractivity (Wildman–Crippen MR) is 151 cm³/mol. The van der Waals surface area contributed by atoms with Gasteiger partial charge in [-0.1, -0.05) is 29.5 Å². The summed E-state index contributed by atoms with van der Waals surface area (Å²) < 4.78 is 56.0. The first-order valence-corrected chi connectivity index (χ1v) is 13.1. The van der Waals surface area contributed by atoms with Crippen LogP contribution in [0, 0.1) is 10.1 Å². The second-order valence-corrected chi connectivity index (χ2v) is 9.66. The summed E-state index contributed by atoms with van der Waals surface area (Å²) in [4.78, 5) is 24.3. The number of hydrogen-bond acceptors (Lipinski definition) is 9. The van der Waals surface area contributed by atoms with Gasteiger partial charge >= 0.3 is 6.18 Å². The summed E-state index contributed by atoms with van der Waals surface area (Å²) in [6, 6.07) is 21.3. The Hall–Kier alpha value is -5.50. The molecule has 218 valence electrons. The maximum absolute atomic E-state index is 13.1. The number of aromatic nitrogens is 2. The van der Waals surface area contributed by atoms with Gasteiger partial charge in [-0.3, -0.25) is 19.8 Å². The van der Waals surface area contributed by atoms with Gasteiger partial charge in [-0.15, -0.1) is 10.2 Å². The van der Waals surface area contributed by atoms with Crippen LogP contribution >= 0.6 is 11.3 Å². The van der Waals surface area contributed by atoms with Gasteiger partial charge in [0.25, 0.3) is 5.69 Å². The van der Waals surface area contributed by atoms with Gasteiger partial charge in [-0.2, -0.15) is 13.2 Å². The third-order valence-corrected chi connectivity index (χ3v) is 6.88. The minimum Gasteiger partial charge on any atom is -0.497 e. The molecule has 10 nitrogen and oxygen atoms in total. The molecule has 5 aromatic rings. The summed E-state index contributed by atoms with van der Waals surface area (Å²) in [6.45, 7) is 0. The molecule has 0 aliphatic rings. The highest BCUT2D eigenvalue weighted by Gasteiger charge is 2.30. The monoisotopic (exact) mass is 608 g/mol. The summed E-state index contributed by atoms with van der Waals surface area (Å²) in [6.07, 6.45) is -4.09. The molecule has 43 heavy (non-hydrogen) atoms. The van der Waals surface area contributed by atoms with E-state index < -0.39 is 16.7 Å². The molecule has 1 aromatic heterocycles. The average Bonchev–Trinajstić information content (AvgIpc) is 3.48. The minimum atomic E-state index is -4.52. The molecule has 0 saturated carbocycles. The zero-order valence-corrected chi connectivity index (χ0v) is 22.8. The van der Waals surface area contributed by atoms with Crippen molar-refractivity contribution in [1.82, 2.24) is 10.2 Å². The Bertz CT molecular complexity index is 1780. The van der Waals surface area contributed by atoms with Crippen molar-refractivity contribution in [2.75, 3.05) is 12.0 Å². The average molecular weight is 609 g/mol. The summed E-state index contributed by atoms with van der Waals surface area (Å²) in [7, 11) is 1.52. The zero-order valence-electron chi connectivity index (χ0n) is 22.0. The molecular formula is C29H19F3N4O6S. The number of nitrogens with zero attached hydrogens (tertiary/aromatic N) is 4. The molecule has 4 aromatic carbocycles. The highest BCUT2D eigenvalue weighted by molar-refractivity contribution is 7.18. The highest BCUT2D eigenvalue weighted by atomic mass is 32.1. The number of rotatable bonds is 10.